The fourth-order valence-corrected chi connectivity index (χ4v) is 0.878. The summed E-state index contributed by atoms with van der Waals surface area (Å²) < 4.78 is 5.30. The van der Waals surface area contributed by atoms with Crippen molar-refractivity contribution in [2.45, 2.75) is 20.8 Å². The van der Waals surface area contributed by atoms with E-state index in [1.54, 1.807) is 6.92 Å². The molecule has 0 bridgehead atoms. The summed E-state index contributed by atoms with van der Waals surface area (Å²) in [4.78, 5) is 17.6. The van der Waals surface area contributed by atoms with E-state index in [0.717, 1.165) is 0 Å². The molecule has 13 heavy (non-hydrogen) atoms. The normalized spacial score (nSPS) is 10.5. The molecule has 0 saturated carbocycles. The molecule has 1 heterocycles. The third-order valence-electron chi connectivity index (χ3n) is 1.40. The fraction of sp³-hybridized carbons (Fsp3) is 0.556. The number of ether oxygens (including phenoxy) is 1. The van der Waals surface area contributed by atoms with Gasteiger partial charge >= 0.3 is 0 Å². The number of aromatic nitrogens is 2. The average Bonchev–Trinajstić information content (AvgIpc) is 1.99. The molecule has 4 nitrogen and oxygen atoms in total. The molecule has 0 aliphatic rings. The summed E-state index contributed by atoms with van der Waals surface area (Å²) in [5.74, 6) is 1.41. The van der Waals surface area contributed by atoms with Crippen LogP contribution in [0.3, 0.4) is 0 Å². The number of nitrogens with zero attached hydrogens (tertiary/aromatic N) is 1. The molecule has 1 rings (SSSR count). The predicted molar refractivity (Wildman–Crippen MR) is 49.9 cm³/mol. The smallest absolute Gasteiger partial charge is 0.254 e. The Kier molecular flexibility index (Phi) is 3.06. The fourth-order valence-electron chi connectivity index (χ4n) is 0.878. The Labute approximate surface area is 77.0 Å². The highest BCUT2D eigenvalue weighted by Gasteiger charge is 2.00. The Morgan fingerprint density at radius 1 is 1.62 bits per heavy atom. The van der Waals surface area contributed by atoms with Gasteiger partial charge in [0.25, 0.3) is 5.56 Å². The van der Waals surface area contributed by atoms with Crippen LogP contribution in [0.2, 0.25) is 0 Å². The third kappa shape index (κ3) is 3.27. The molecule has 0 aliphatic heterocycles. The lowest BCUT2D eigenvalue weighted by atomic mass is 10.2. The minimum Gasteiger partial charge on any atom is -0.477 e. The maximum absolute atomic E-state index is 11.0. The Morgan fingerprint density at radius 3 is 2.85 bits per heavy atom. The van der Waals surface area contributed by atoms with Crippen LogP contribution in [0.4, 0.5) is 0 Å². The largest absolute Gasteiger partial charge is 0.477 e. The molecule has 1 N–H and O–H groups in total. The highest BCUT2D eigenvalue weighted by molar-refractivity contribution is 5.07. The molecule has 0 amide bonds. The summed E-state index contributed by atoms with van der Waals surface area (Å²) in [5.41, 5.74) is -0.175. The highest BCUT2D eigenvalue weighted by atomic mass is 16.5. The average molecular weight is 182 g/mol. The van der Waals surface area contributed by atoms with E-state index in [2.05, 4.69) is 9.97 Å². The Bertz CT molecular complexity index is 331. The Hall–Kier alpha value is -1.32. The monoisotopic (exact) mass is 182 g/mol. The highest BCUT2D eigenvalue weighted by Crippen LogP contribution is 2.03. The van der Waals surface area contributed by atoms with Gasteiger partial charge < -0.3 is 9.72 Å². The standard InChI is InChI=1S/C9H14N2O2/c1-6(2)5-13-9-4-8(12)10-7(3)11-9/h4,6H,5H2,1-3H3,(H,10,11,12). The van der Waals surface area contributed by atoms with E-state index < -0.39 is 0 Å². The van der Waals surface area contributed by atoms with E-state index >= 15 is 0 Å². The van der Waals surface area contributed by atoms with Gasteiger partial charge in [-0.05, 0) is 12.8 Å². The Morgan fingerprint density at radius 2 is 2.31 bits per heavy atom. The molecule has 0 fully saturated rings. The minimum absolute atomic E-state index is 0.175. The lowest BCUT2D eigenvalue weighted by Crippen LogP contribution is -2.12. The van der Waals surface area contributed by atoms with Gasteiger partial charge in [-0.1, -0.05) is 13.8 Å². The van der Waals surface area contributed by atoms with Crippen molar-refractivity contribution in [3.63, 3.8) is 0 Å². The molecular weight excluding hydrogens is 168 g/mol. The molecule has 4 heteroatoms. The quantitative estimate of drug-likeness (QED) is 0.761. The van der Waals surface area contributed by atoms with E-state index in [1.807, 2.05) is 13.8 Å². The molecule has 0 aliphatic carbocycles. The number of H-pyrrole nitrogens is 1. The van der Waals surface area contributed by atoms with Crippen molar-refractivity contribution < 1.29 is 4.74 Å². The van der Waals surface area contributed by atoms with Crippen LogP contribution in [0.1, 0.15) is 19.7 Å². The van der Waals surface area contributed by atoms with Crippen LogP contribution in [-0.4, -0.2) is 16.6 Å². The van der Waals surface area contributed by atoms with Gasteiger partial charge in [0.1, 0.15) is 5.82 Å². The van der Waals surface area contributed by atoms with Gasteiger partial charge in [0.2, 0.25) is 5.88 Å². The SMILES string of the molecule is Cc1nc(OCC(C)C)cc(=O)[nH]1. The maximum Gasteiger partial charge on any atom is 0.254 e. The van der Waals surface area contributed by atoms with Gasteiger partial charge in [0.05, 0.1) is 12.7 Å². The summed E-state index contributed by atoms with van der Waals surface area (Å²) in [6.07, 6.45) is 0. The van der Waals surface area contributed by atoms with Crippen LogP contribution in [0.25, 0.3) is 0 Å². The number of aromatic amines is 1. The van der Waals surface area contributed by atoms with Crippen molar-refractivity contribution in [2.24, 2.45) is 5.92 Å². The van der Waals surface area contributed by atoms with Crippen molar-refractivity contribution in [1.29, 1.82) is 0 Å². The topological polar surface area (TPSA) is 55.0 Å². The summed E-state index contributed by atoms with van der Waals surface area (Å²) in [5, 5.41) is 0. The van der Waals surface area contributed by atoms with Crippen LogP contribution < -0.4 is 10.3 Å². The molecule has 0 spiro atoms. The molecule has 1 aromatic rings. The first-order valence-electron chi connectivity index (χ1n) is 4.28. The number of rotatable bonds is 3. The second kappa shape index (κ2) is 4.07. The van der Waals surface area contributed by atoms with Crippen molar-refractivity contribution >= 4 is 0 Å². The summed E-state index contributed by atoms with van der Waals surface area (Å²) >= 11 is 0. The number of aryl methyl sites for hydroxylation is 1. The predicted octanol–water partition coefficient (Wildman–Crippen LogP) is 1.11. The summed E-state index contributed by atoms with van der Waals surface area (Å²) in [6.45, 7) is 6.39. The van der Waals surface area contributed by atoms with Crippen LogP contribution in [-0.2, 0) is 0 Å². The first-order valence-corrected chi connectivity index (χ1v) is 4.28. The lowest BCUT2D eigenvalue weighted by Gasteiger charge is -2.07. The zero-order valence-corrected chi connectivity index (χ0v) is 8.13. The van der Waals surface area contributed by atoms with Crippen molar-refractivity contribution in [2.75, 3.05) is 6.61 Å². The van der Waals surface area contributed by atoms with E-state index in [0.29, 0.717) is 24.2 Å². The third-order valence-corrected chi connectivity index (χ3v) is 1.40. The van der Waals surface area contributed by atoms with Gasteiger partial charge in [0.15, 0.2) is 0 Å². The number of hydrogen-bond acceptors (Lipinski definition) is 3. The molecular formula is C9H14N2O2. The van der Waals surface area contributed by atoms with E-state index in [9.17, 15) is 4.79 Å². The van der Waals surface area contributed by atoms with E-state index in [-0.39, 0.29) is 5.56 Å². The van der Waals surface area contributed by atoms with E-state index in [1.165, 1.54) is 6.07 Å². The van der Waals surface area contributed by atoms with Crippen LogP contribution in [0, 0.1) is 12.8 Å². The molecule has 0 radical (unpaired) electrons. The maximum atomic E-state index is 11.0. The Balaban J connectivity index is 2.72. The molecule has 0 saturated heterocycles. The molecule has 0 aromatic carbocycles. The molecule has 0 unspecified atom stereocenters. The number of hydrogen-bond donors (Lipinski definition) is 1. The minimum atomic E-state index is -0.175. The van der Waals surface area contributed by atoms with Crippen molar-refractivity contribution in [3.05, 3.63) is 22.2 Å². The van der Waals surface area contributed by atoms with Gasteiger partial charge in [-0.25, -0.2) is 4.98 Å². The first-order chi connectivity index (χ1) is 6.08. The van der Waals surface area contributed by atoms with Gasteiger partial charge in [-0.2, -0.15) is 0 Å². The van der Waals surface area contributed by atoms with Gasteiger partial charge in [0, 0.05) is 0 Å². The second-order valence-electron chi connectivity index (χ2n) is 3.37. The zero-order chi connectivity index (χ0) is 9.84. The zero-order valence-electron chi connectivity index (χ0n) is 8.13. The molecule has 72 valence electrons. The first kappa shape index (κ1) is 9.77. The van der Waals surface area contributed by atoms with Gasteiger partial charge in [-0.15, -0.1) is 0 Å². The summed E-state index contributed by atoms with van der Waals surface area (Å²) in [7, 11) is 0. The van der Waals surface area contributed by atoms with Gasteiger partial charge in [-0.3, -0.25) is 4.79 Å². The van der Waals surface area contributed by atoms with E-state index in [4.69, 9.17) is 4.74 Å². The van der Waals surface area contributed by atoms with Crippen LogP contribution in [0.15, 0.2) is 10.9 Å². The van der Waals surface area contributed by atoms with Crippen LogP contribution in [0.5, 0.6) is 5.88 Å². The molecule has 1 aromatic heterocycles. The van der Waals surface area contributed by atoms with Crippen molar-refractivity contribution in [1.82, 2.24) is 9.97 Å². The molecule has 0 atom stereocenters. The number of nitrogens with one attached hydrogen (secondary N) is 1. The second-order valence-corrected chi connectivity index (χ2v) is 3.37. The summed E-state index contributed by atoms with van der Waals surface area (Å²) in [6, 6.07) is 1.36. The lowest BCUT2D eigenvalue weighted by molar-refractivity contribution is 0.260. The van der Waals surface area contributed by atoms with Crippen molar-refractivity contribution in [3.8, 4) is 5.88 Å². The van der Waals surface area contributed by atoms with Crippen LogP contribution >= 0.6 is 0 Å².